The average molecular weight is 485 g/mol. The van der Waals surface area contributed by atoms with Crippen LogP contribution in [0.25, 0.3) is 0 Å². The number of hydrogen-bond donors (Lipinski definition) is 1. The molecule has 0 bridgehead atoms. The van der Waals surface area contributed by atoms with E-state index in [2.05, 4.69) is 26.3 Å². The van der Waals surface area contributed by atoms with Gasteiger partial charge in [0.25, 0.3) is 0 Å². The Morgan fingerprint density at radius 1 is 1.37 bits per heavy atom. The van der Waals surface area contributed by atoms with Gasteiger partial charge in [0, 0.05) is 11.6 Å². The molecule has 0 fully saturated rings. The van der Waals surface area contributed by atoms with Crippen molar-refractivity contribution in [3.8, 4) is 0 Å². The number of aromatic nitrogens is 2. The maximum absolute atomic E-state index is 14.5. The summed E-state index contributed by atoms with van der Waals surface area (Å²) in [6, 6.07) is 4.22. The summed E-state index contributed by atoms with van der Waals surface area (Å²) in [5.41, 5.74) is 0.00365. The number of anilines is 1. The molecule has 2 aromatic rings. The molecule has 0 aliphatic carbocycles. The predicted molar refractivity (Wildman–Crippen MR) is 115 cm³/mol. The van der Waals surface area contributed by atoms with Crippen LogP contribution in [0.1, 0.15) is 46.1 Å². The molecular weight excluding hydrogens is 459 g/mol. The van der Waals surface area contributed by atoms with Crippen LogP contribution >= 0.6 is 15.9 Å². The number of rotatable bonds is 6. The fourth-order valence-corrected chi connectivity index (χ4v) is 2.90. The monoisotopic (exact) mass is 484 g/mol. The van der Waals surface area contributed by atoms with E-state index in [0.717, 1.165) is 0 Å². The highest BCUT2D eigenvalue weighted by Crippen LogP contribution is 2.25. The first kappa shape index (κ1) is 23.7. The highest BCUT2D eigenvalue weighted by atomic mass is 79.9. The van der Waals surface area contributed by atoms with E-state index in [-0.39, 0.29) is 13.2 Å². The van der Waals surface area contributed by atoms with E-state index in [4.69, 9.17) is 9.47 Å². The minimum Gasteiger partial charge on any atom is -0.450 e. The Morgan fingerprint density at radius 2 is 2.07 bits per heavy atom. The molecule has 2 amide bonds. The Hall–Kier alpha value is -2.62. The highest BCUT2D eigenvalue weighted by molar-refractivity contribution is 9.10. The Morgan fingerprint density at radius 3 is 2.63 bits per heavy atom. The Bertz CT molecular complexity index is 897. The van der Waals surface area contributed by atoms with E-state index in [0.29, 0.717) is 15.7 Å². The van der Waals surface area contributed by atoms with Gasteiger partial charge in [0.05, 0.1) is 30.0 Å². The molecule has 30 heavy (non-hydrogen) atoms. The van der Waals surface area contributed by atoms with Crippen LogP contribution in [0.3, 0.4) is 0 Å². The maximum atomic E-state index is 14.5. The summed E-state index contributed by atoms with van der Waals surface area (Å²) in [5.74, 6) is -0.896. The summed E-state index contributed by atoms with van der Waals surface area (Å²) >= 11 is 3.30. The molecule has 0 aliphatic rings. The quantitative estimate of drug-likeness (QED) is 0.621. The number of benzene rings is 1. The first-order chi connectivity index (χ1) is 14.0. The number of halogens is 2. The maximum Gasteiger partial charge on any atom is 0.430 e. The van der Waals surface area contributed by atoms with Gasteiger partial charge in [-0.25, -0.2) is 14.0 Å². The van der Waals surface area contributed by atoms with Crippen molar-refractivity contribution in [1.29, 1.82) is 0 Å². The zero-order chi connectivity index (χ0) is 22.5. The minimum atomic E-state index is -0.711. The smallest absolute Gasteiger partial charge is 0.430 e. The van der Waals surface area contributed by atoms with Gasteiger partial charge < -0.3 is 9.47 Å². The van der Waals surface area contributed by atoms with Gasteiger partial charge in [-0.2, -0.15) is 14.9 Å². The van der Waals surface area contributed by atoms with Gasteiger partial charge >= 0.3 is 12.2 Å². The van der Waals surface area contributed by atoms with E-state index in [1.54, 1.807) is 40.8 Å². The summed E-state index contributed by atoms with van der Waals surface area (Å²) in [7, 11) is 0. The van der Waals surface area contributed by atoms with Crippen LogP contribution in [0.2, 0.25) is 0 Å². The van der Waals surface area contributed by atoms with Crippen LogP contribution in [-0.2, 0) is 9.47 Å². The Balaban J connectivity index is 2.27. The number of ether oxygens (including phenoxy) is 2. The summed E-state index contributed by atoms with van der Waals surface area (Å²) in [4.78, 5) is 25.8. The zero-order valence-electron chi connectivity index (χ0n) is 17.6. The van der Waals surface area contributed by atoms with Gasteiger partial charge in [-0.05, 0) is 67.4 Å². The summed E-state index contributed by atoms with van der Waals surface area (Å²) in [6.45, 7) is 9.05. The van der Waals surface area contributed by atoms with Gasteiger partial charge in [0.15, 0.2) is 0 Å². The van der Waals surface area contributed by atoms with E-state index >= 15 is 0 Å². The van der Waals surface area contributed by atoms with Crippen molar-refractivity contribution in [1.82, 2.24) is 9.89 Å². The standard InChI is InChI=1S/C20H26BrFN4O4/c1-6-29-18(27)24-15-7-8-17(22)16(9-15)13(2)11-25(19(28)30-20(3,4)5)26-12-14(21)10-23-26/h7-10,12-13H,6,11H2,1-5H3,(H,24,27). The van der Waals surface area contributed by atoms with E-state index in [1.807, 2.05) is 0 Å². The normalized spacial score (nSPS) is 12.2. The van der Waals surface area contributed by atoms with E-state index < -0.39 is 29.5 Å². The molecule has 8 nitrogen and oxygen atoms in total. The fraction of sp³-hybridized carbons (Fsp3) is 0.450. The number of amides is 2. The van der Waals surface area contributed by atoms with Crippen molar-refractivity contribution in [3.05, 3.63) is 46.4 Å². The lowest BCUT2D eigenvalue weighted by Crippen LogP contribution is -2.46. The van der Waals surface area contributed by atoms with Gasteiger partial charge in [-0.1, -0.05) is 6.92 Å². The predicted octanol–water partition coefficient (Wildman–Crippen LogP) is 5.03. The van der Waals surface area contributed by atoms with E-state index in [1.165, 1.54) is 34.2 Å². The molecule has 1 heterocycles. The average Bonchev–Trinajstić information content (AvgIpc) is 3.05. The van der Waals surface area contributed by atoms with Crippen molar-refractivity contribution in [3.63, 3.8) is 0 Å². The molecule has 1 unspecified atom stereocenters. The number of carbonyl (C=O) groups is 2. The minimum absolute atomic E-state index is 0.0861. The Kier molecular flexibility index (Phi) is 7.83. The van der Waals surface area contributed by atoms with Crippen LogP contribution in [-0.4, -0.2) is 40.8 Å². The van der Waals surface area contributed by atoms with Gasteiger partial charge in [-0.15, -0.1) is 0 Å². The van der Waals surface area contributed by atoms with Crippen molar-refractivity contribution >= 4 is 33.8 Å². The van der Waals surface area contributed by atoms with Crippen molar-refractivity contribution in [2.45, 2.75) is 46.1 Å². The third kappa shape index (κ3) is 6.72. The second kappa shape index (κ2) is 9.92. The molecule has 2 rings (SSSR count). The summed E-state index contributed by atoms with van der Waals surface area (Å²) in [6.07, 6.45) is 1.89. The molecule has 1 atom stereocenters. The molecule has 0 aliphatic heterocycles. The van der Waals surface area contributed by atoms with Crippen molar-refractivity contribution in [2.75, 3.05) is 23.5 Å². The molecule has 1 aromatic heterocycles. The molecule has 0 spiro atoms. The van der Waals surface area contributed by atoms with Crippen molar-refractivity contribution < 1.29 is 23.5 Å². The second-order valence-corrected chi connectivity index (χ2v) is 8.54. The molecule has 1 N–H and O–H groups in total. The largest absolute Gasteiger partial charge is 0.450 e. The first-order valence-corrected chi connectivity index (χ1v) is 10.2. The van der Waals surface area contributed by atoms with Crippen LogP contribution in [0, 0.1) is 5.82 Å². The number of carbonyl (C=O) groups excluding carboxylic acids is 2. The van der Waals surface area contributed by atoms with Crippen LogP contribution in [0.4, 0.5) is 19.7 Å². The summed E-state index contributed by atoms with van der Waals surface area (Å²) < 4.78 is 25.5. The van der Waals surface area contributed by atoms with Crippen LogP contribution in [0.5, 0.6) is 0 Å². The van der Waals surface area contributed by atoms with E-state index in [9.17, 15) is 14.0 Å². The van der Waals surface area contributed by atoms with Gasteiger partial charge in [0.1, 0.15) is 11.4 Å². The lowest BCUT2D eigenvalue weighted by molar-refractivity contribution is 0.0528. The fourth-order valence-electron chi connectivity index (χ4n) is 2.62. The number of hydrogen-bond acceptors (Lipinski definition) is 5. The lowest BCUT2D eigenvalue weighted by Gasteiger charge is -2.29. The Labute approximate surface area is 183 Å². The summed E-state index contributed by atoms with van der Waals surface area (Å²) in [5, 5.41) is 7.98. The molecule has 164 valence electrons. The lowest BCUT2D eigenvalue weighted by atomic mass is 9.99. The second-order valence-electron chi connectivity index (χ2n) is 7.62. The van der Waals surface area contributed by atoms with Crippen LogP contribution in [0.15, 0.2) is 35.1 Å². The van der Waals surface area contributed by atoms with Gasteiger partial charge in [-0.3, -0.25) is 5.32 Å². The first-order valence-electron chi connectivity index (χ1n) is 9.44. The topological polar surface area (TPSA) is 85.7 Å². The SMILES string of the molecule is CCOC(=O)Nc1ccc(F)c(C(C)CN(C(=O)OC(C)(C)C)n2cc(Br)cn2)c1. The van der Waals surface area contributed by atoms with Crippen molar-refractivity contribution in [2.24, 2.45) is 0 Å². The molecule has 0 radical (unpaired) electrons. The molecule has 1 aromatic carbocycles. The number of nitrogens with zero attached hydrogens (tertiary/aromatic N) is 3. The molecule has 0 saturated carbocycles. The third-order valence-electron chi connectivity index (χ3n) is 3.89. The molecule has 10 heteroatoms. The third-order valence-corrected chi connectivity index (χ3v) is 4.29. The number of nitrogens with one attached hydrogen (secondary N) is 1. The molecule has 0 saturated heterocycles. The van der Waals surface area contributed by atoms with Crippen LogP contribution < -0.4 is 10.3 Å². The highest BCUT2D eigenvalue weighted by Gasteiger charge is 2.27. The molecular formula is C20H26BrFN4O4. The van der Waals surface area contributed by atoms with Gasteiger partial charge in [0.2, 0.25) is 0 Å². The zero-order valence-corrected chi connectivity index (χ0v) is 19.2.